The number of fused-ring (bicyclic) bond motifs is 5. The predicted molar refractivity (Wildman–Crippen MR) is 233 cm³/mol. The van der Waals surface area contributed by atoms with E-state index in [2.05, 4.69) is 10.1 Å². The molecule has 7 rings (SSSR count). The molecule has 3 aromatic carbocycles. The minimum Gasteiger partial charge on any atom is -0.482 e. The van der Waals surface area contributed by atoms with Crippen molar-refractivity contribution in [2.75, 3.05) is 13.2 Å². The van der Waals surface area contributed by atoms with Gasteiger partial charge >= 0.3 is 23.9 Å². The molecule has 2 bridgehead atoms. The molecule has 4 aliphatic rings. The van der Waals surface area contributed by atoms with E-state index < -0.39 is 113 Å². The lowest BCUT2D eigenvalue weighted by Gasteiger charge is -2.67. The monoisotopic (exact) mass is 908 g/mol. The van der Waals surface area contributed by atoms with E-state index in [1.165, 1.54) is 65.2 Å². The Morgan fingerprint density at radius 1 is 0.894 bits per heavy atom. The second kappa shape index (κ2) is 18.3. The molecule has 3 aromatic rings. The standard InChI is InChI=1S/C48H53BN2O15/c1-25-32(63-44(59)39(37(50-51-49)29-13-9-7-10-14-29)64-35(55)23-61-31-19-17-28(18-20-31)26(2)52)22-48(60)42(65-43(58)30-15-11-8-12-16-30)40-46(6,41(57)38(56)36(25)45(48,4)5)33(54)21-34-47(40,24-62-34)66-27(3)53/h7-20,32-34,37-40,42,54,56,60H,21-24,49H2,1-6H3/t32-,33-,34+,37-,38+,39?,40-,42-,46+,47-,48+/m0/s1. The summed E-state index contributed by atoms with van der Waals surface area (Å²) in [7, 11) is 1.36. The highest BCUT2D eigenvalue weighted by molar-refractivity contribution is 6.04. The normalized spacial score (nSPS) is 30.8. The van der Waals surface area contributed by atoms with Gasteiger partial charge in [-0.05, 0) is 73.9 Å². The minimum absolute atomic E-state index is 0.0674. The fraction of sp³-hybridized carbons (Fsp3) is 0.458. The van der Waals surface area contributed by atoms with E-state index in [0.717, 1.165) is 6.92 Å². The van der Waals surface area contributed by atoms with E-state index in [4.69, 9.17) is 28.4 Å². The van der Waals surface area contributed by atoms with Gasteiger partial charge in [0, 0.05) is 30.7 Å². The van der Waals surface area contributed by atoms with Crippen LogP contribution < -0.4 is 4.74 Å². The van der Waals surface area contributed by atoms with Crippen molar-refractivity contribution in [2.45, 2.75) is 108 Å². The Morgan fingerprint density at radius 3 is 2.11 bits per heavy atom. The first-order chi connectivity index (χ1) is 31.2. The zero-order valence-electron chi connectivity index (χ0n) is 37.7. The topological polar surface area (TPSA) is 243 Å². The number of ketones is 2. The molecule has 3 fully saturated rings. The first-order valence-corrected chi connectivity index (χ1v) is 21.6. The predicted octanol–water partition coefficient (Wildman–Crippen LogP) is 3.57. The van der Waals surface area contributed by atoms with Crippen molar-refractivity contribution in [2.24, 2.45) is 26.9 Å². The van der Waals surface area contributed by atoms with Gasteiger partial charge < -0.3 is 43.7 Å². The van der Waals surface area contributed by atoms with E-state index in [1.54, 1.807) is 62.4 Å². The van der Waals surface area contributed by atoms with Crippen molar-refractivity contribution in [3.05, 3.63) is 113 Å². The maximum atomic E-state index is 15.1. The number of nitrogens with zero attached hydrogens (tertiary/aromatic N) is 2. The molecule has 3 aliphatic carbocycles. The van der Waals surface area contributed by atoms with Crippen molar-refractivity contribution in [1.82, 2.24) is 0 Å². The average Bonchev–Trinajstić information content (AvgIpc) is 3.28. The molecule has 11 atom stereocenters. The molecule has 17 nitrogen and oxygen atoms in total. The zero-order chi connectivity index (χ0) is 47.9. The number of rotatable bonds is 13. The lowest BCUT2D eigenvalue weighted by atomic mass is 9.44. The van der Waals surface area contributed by atoms with Crippen LogP contribution in [0.2, 0.25) is 0 Å². The number of hydrogen-bond donors (Lipinski definition) is 3. The van der Waals surface area contributed by atoms with Crippen LogP contribution in [0.5, 0.6) is 5.75 Å². The van der Waals surface area contributed by atoms with Gasteiger partial charge in [-0.2, -0.15) is 5.11 Å². The molecule has 1 aliphatic heterocycles. The summed E-state index contributed by atoms with van der Waals surface area (Å²) in [5.74, 6) is -6.31. The van der Waals surface area contributed by atoms with Gasteiger partial charge in [-0.25, -0.2) is 14.4 Å². The fourth-order valence-electron chi connectivity index (χ4n) is 10.4. The smallest absolute Gasteiger partial charge is 0.350 e. The molecule has 0 radical (unpaired) electrons. The molecule has 1 saturated heterocycles. The van der Waals surface area contributed by atoms with Crippen molar-refractivity contribution in [3.8, 4) is 5.75 Å². The molecule has 2 saturated carbocycles. The molecule has 1 unspecified atom stereocenters. The maximum absolute atomic E-state index is 15.1. The van der Waals surface area contributed by atoms with Crippen LogP contribution in [0.4, 0.5) is 0 Å². The second-order valence-electron chi connectivity index (χ2n) is 18.0. The third-order valence-corrected chi connectivity index (χ3v) is 14.0. The van der Waals surface area contributed by atoms with Crippen molar-refractivity contribution in [3.63, 3.8) is 0 Å². The number of aliphatic hydroxyl groups is 3. The number of benzene rings is 3. The van der Waals surface area contributed by atoms with Crippen molar-refractivity contribution >= 4 is 43.4 Å². The van der Waals surface area contributed by atoms with Gasteiger partial charge in [-0.1, -0.05) is 62.4 Å². The first kappa shape index (κ1) is 47.9. The molecule has 1 heterocycles. The lowest BCUT2D eigenvalue weighted by Crippen LogP contribution is -2.81. The van der Waals surface area contributed by atoms with Crippen LogP contribution in [0.1, 0.15) is 86.7 Å². The number of Topliss-reactive ketones (excluding diaryl/α,β-unsaturated/α-hetero) is 2. The minimum atomic E-state index is -2.39. The van der Waals surface area contributed by atoms with Crippen LogP contribution in [0.25, 0.3) is 0 Å². The van der Waals surface area contributed by atoms with Gasteiger partial charge in [0.05, 0.1) is 29.6 Å². The van der Waals surface area contributed by atoms with Crippen LogP contribution in [0.3, 0.4) is 0 Å². The van der Waals surface area contributed by atoms with Gasteiger partial charge in [0.2, 0.25) is 6.10 Å². The average molecular weight is 909 g/mol. The van der Waals surface area contributed by atoms with Crippen LogP contribution in [0, 0.1) is 16.7 Å². The highest BCUT2D eigenvalue weighted by atomic mass is 16.6. The summed E-state index contributed by atoms with van der Waals surface area (Å²) >= 11 is 0. The third kappa shape index (κ3) is 8.24. The van der Waals surface area contributed by atoms with Gasteiger partial charge in [-0.15, -0.1) is 0 Å². The van der Waals surface area contributed by atoms with Gasteiger partial charge in [0.25, 0.3) is 7.98 Å². The van der Waals surface area contributed by atoms with Crippen LogP contribution >= 0.6 is 0 Å². The Balaban J connectivity index is 1.32. The molecular formula is C48H53BN2O15. The number of ether oxygens (including phenoxy) is 6. The largest absolute Gasteiger partial charge is 0.482 e. The van der Waals surface area contributed by atoms with Gasteiger partial charge in [-0.3, -0.25) is 19.4 Å². The second-order valence-corrected chi connectivity index (χ2v) is 18.0. The maximum Gasteiger partial charge on any atom is 0.350 e. The SMILES string of the molecule is BN=N[C@@H](c1ccccc1)C(OC(=O)COc1ccc(C(C)=O)cc1)C(=O)O[C@H]1C[C@@]2(O)[C@@H](OC(=O)c3ccccc3)[C@@H]3[C@]4(OC(C)=O)CO[C@@H]4C[C@H](O)[C@@]3(C)C(=O)[C@H](O)C(=C1C)C2(C)C. The van der Waals surface area contributed by atoms with Gasteiger partial charge in [0.15, 0.2) is 23.8 Å². The summed E-state index contributed by atoms with van der Waals surface area (Å²) in [5, 5.41) is 46.1. The summed E-state index contributed by atoms with van der Waals surface area (Å²) in [6.45, 7) is 7.56. The van der Waals surface area contributed by atoms with E-state index in [-0.39, 0.29) is 41.3 Å². The van der Waals surface area contributed by atoms with E-state index >= 15 is 4.79 Å². The molecule has 348 valence electrons. The number of hydrogen-bond acceptors (Lipinski definition) is 17. The van der Waals surface area contributed by atoms with Crippen LogP contribution in [0.15, 0.2) is 106 Å². The number of carbonyl (C=O) groups is 6. The Hall–Kier alpha value is -6.08. The summed E-state index contributed by atoms with van der Waals surface area (Å²) in [6, 6.07) is 21.0. The number of carbonyl (C=O) groups excluding carboxylic acids is 6. The number of esters is 4. The van der Waals surface area contributed by atoms with E-state index in [1.807, 2.05) is 0 Å². The molecular weight excluding hydrogens is 855 g/mol. The zero-order valence-corrected chi connectivity index (χ0v) is 37.7. The van der Waals surface area contributed by atoms with E-state index in [9.17, 15) is 39.3 Å². The fourth-order valence-corrected chi connectivity index (χ4v) is 10.4. The quantitative estimate of drug-likeness (QED) is 0.0555. The summed E-state index contributed by atoms with van der Waals surface area (Å²) in [4.78, 5) is 82.5. The van der Waals surface area contributed by atoms with Crippen LogP contribution in [-0.2, 0) is 42.9 Å². The van der Waals surface area contributed by atoms with Gasteiger partial charge in [0.1, 0.15) is 41.8 Å². The molecule has 3 N–H and O–H groups in total. The van der Waals surface area contributed by atoms with E-state index in [0.29, 0.717) is 11.1 Å². The Morgan fingerprint density at radius 2 is 1.53 bits per heavy atom. The molecule has 0 spiro atoms. The lowest BCUT2D eigenvalue weighted by molar-refractivity contribution is -0.346. The molecule has 0 amide bonds. The summed E-state index contributed by atoms with van der Waals surface area (Å²) in [6.07, 6.45) is -10.5. The summed E-state index contributed by atoms with van der Waals surface area (Å²) in [5.41, 5.74) is -6.90. The highest BCUT2D eigenvalue weighted by Gasteiger charge is 2.78. The van der Waals surface area contributed by atoms with Crippen molar-refractivity contribution < 1.29 is 72.5 Å². The molecule has 18 heteroatoms. The third-order valence-electron chi connectivity index (χ3n) is 14.0. The molecule has 0 aromatic heterocycles. The Kier molecular flexibility index (Phi) is 13.3. The number of aliphatic hydroxyl groups excluding tert-OH is 2. The Labute approximate surface area is 381 Å². The summed E-state index contributed by atoms with van der Waals surface area (Å²) < 4.78 is 35.9. The molecule has 66 heavy (non-hydrogen) atoms. The first-order valence-electron chi connectivity index (χ1n) is 21.6. The highest BCUT2D eigenvalue weighted by Crippen LogP contribution is 2.64. The van der Waals surface area contributed by atoms with Crippen LogP contribution in [-0.4, -0.2) is 120 Å². The van der Waals surface area contributed by atoms with Crippen molar-refractivity contribution in [1.29, 1.82) is 0 Å². The Bertz CT molecular complexity index is 2450.